The zero-order valence-corrected chi connectivity index (χ0v) is 18.6. The molecule has 2 aromatic carbocycles. The topological polar surface area (TPSA) is 100 Å². The molecule has 0 aliphatic carbocycles. The zero-order chi connectivity index (χ0) is 23.0. The number of likely N-dealkylation sites (N-methyl/N-ethyl adjacent to an activating group) is 1. The monoisotopic (exact) mass is 457 g/mol. The van der Waals surface area contributed by atoms with E-state index in [-0.39, 0.29) is 34.6 Å². The largest absolute Gasteiger partial charge is 0.507 e. The van der Waals surface area contributed by atoms with E-state index in [9.17, 15) is 19.8 Å². The number of β-amino-alcohol motifs (C(OH)–C–C–N with tert-alkyl or cyclic N) is 1. The molecule has 1 aliphatic heterocycles. The minimum atomic E-state index is -0.777. The van der Waals surface area contributed by atoms with Gasteiger partial charge in [-0.15, -0.1) is 0 Å². The zero-order valence-electron chi connectivity index (χ0n) is 17.8. The highest BCUT2D eigenvalue weighted by atomic mass is 35.5. The predicted molar refractivity (Wildman–Crippen MR) is 121 cm³/mol. The molecule has 168 valence electrons. The van der Waals surface area contributed by atoms with Crippen molar-refractivity contribution >= 4 is 28.5 Å². The highest BCUT2D eigenvalue weighted by molar-refractivity contribution is 6.33. The first-order chi connectivity index (χ1) is 15.3. The second-order valence-corrected chi connectivity index (χ2v) is 8.43. The lowest BCUT2D eigenvalue weighted by molar-refractivity contribution is -0.133. The van der Waals surface area contributed by atoms with E-state index in [1.807, 2.05) is 11.9 Å². The fourth-order valence-electron chi connectivity index (χ4n) is 4.16. The Hall–Kier alpha value is -2.87. The molecular weight excluding hydrogens is 434 g/mol. The van der Waals surface area contributed by atoms with Gasteiger partial charge in [0.25, 0.3) is 0 Å². The molecule has 0 amide bonds. The highest BCUT2D eigenvalue weighted by Gasteiger charge is 2.33. The van der Waals surface area contributed by atoms with E-state index in [0.717, 1.165) is 0 Å². The predicted octanol–water partition coefficient (Wildman–Crippen LogP) is 3.91. The van der Waals surface area contributed by atoms with Crippen molar-refractivity contribution in [2.45, 2.75) is 31.8 Å². The Bertz CT molecular complexity index is 1240. The van der Waals surface area contributed by atoms with Gasteiger partial charge in [0.15, 0.2) is 5.43 Å². The number of hydrogen-bond donors (Lipinski definition) is 2. The number of aromatic hydroxyl groups is 1. The van der Waals surface area contributed by atoms with Gasteiger partial charge in [-0.2, -0.15) is 0 Å². The Morgan fingerprint density at radius 2 is 2.06 bits per heavy atom. The minimum Gasteiger partial charge on any atom is -0.507 e. The smallest absolute Gasteiger partial charge is 0.310 e. The summed E-state index contributed by atoms with van der Waals surface area (Å²) in [4.78, 5) is 27.2. The van der Waals surface area contributed by atoms with Crippen LogP contribution in [-0.2, 0) is 4.79 Å². The number of likely N-dealkylation sites (tertiary alicyclic amines) is 1. The van der Waals surface area contributed by atoms with E-state index < -0.39 is 23.4 Å². The third-order valence-corrected chi connectivity index (χ3v) is 6.12. The van der Waals surface area contributed by atoms with Crippen LogP contribution in [0.25, 0.3) is 22.3 Å². The molecule has 1 fully saturated rings. The molecule has 2 N–H and O–H groups in total. The molecule has 0 bridgehead atoms. The Labute approximate surface area is 189 Å². The van der Waals surface area contributed by atoms with Crippen molar-refractivity contribution in [2.75, 3.05) is 20.1 Å². The number of phenols is 1. The average molecular weight is 458 g/mol. The minimum absolute atomic E-state index is 0.0431. The van der Waals surface area contributed by atoms with Crippen LogP contribution in [-0.4, -0.2) is 47.3 Å². The number of benzene rings is 2. The van der Waals surface area contributed by atoms with Gasteiger partial charge in [0.05, 0.1) is 11.1 Å². The van der Waals surface area contributed by atoms with E-state index in [1.165, 1.54) is 12.1 Å². The van der Waals surface area contributed by atoms with Gasteiger partial charge in [-0.05, 0) is 32.1 Å². The summed E-state index contributed by atoms with van der Waals surface area (Å²) in [5.41, 5.74) is 0.477. The van der Waals surface area contributed by atoms with Gasteiger partial charge < -0.3 is 24.3 Å². The molecule has 1 saturated heterocycles. The van der Waals surface area contributed by atoms with Crippen molar-refractivity contribution in [3.63, 3.8) is 0 Å². The first kappa shape index (κ1) is 22.3. The number of fused-ring (bicyclic) bond motifs is 1. The number of rotatable bonds is 4. The molecule has 4 rings (SSSR count). The van der Waals surface area contributed by atoms with Crippen LogP contribution >= 0.6 is 11.6 Å². The maximum atomic E-state index is 13.2. The highest BCUT2D eigenvalue weighted by Crippen LogP contribution is 2.43. The van der Waals surface area contributed by atoms with Crippen LogP contribution in [0.1, 0.15) is 31.2 Å². The molecule has 2 atom stereocenters. The van der Waals surface area contributed by atoms with Crippen molar-refractivity contribution in [1.82, 2.24) is 4.90 Å². The normalized spacial score (nSPS) is 19.2. The number of carbonyl (C=O) groups excluding carboxylic acids is 1. The van der Waals surface area contributed by atoms with E-state index in [1.54, 1.807) is 31.2 Å². The summed E-state index contributed by atoms with van der Waals surface area (Å²) in [5, 5.41) is 22.1. The van der Waals surface area contributed by atoms with Crippen molar-refractivity contribution in [1.29, 1.82) is 0 Å². The number of piperidine rings is 1. The molecule has 1 aromatic heterocycles. The Morgan fingerprint density at radius 1 is 1.31 bits per heavy atom. The van der Waals surface area contributed by atoms with Crippen LogP contribution in [0.4, 0.5) is 0 Å². The lowest BCUT2D eigenvalue weighted by Gasteiger charge is -2.34. The summed E-state index contributed by atoms with van der Waals surface area (Å²) >= 11 is 6.31. The molecule has 7 nitrogen and oxygen atoms in total. The van der Waals surface area contributed by atoms with Crippen LogP contribution in [0.5, 0.6) is 11.5 Å². The molecule has 3 aromatic rings. The maximum Gasteiger partial charge on any atom is 0.310 e. The molecule has 0 spiro atoms. The van der Waals surface area contributed by atoms with Gasteiger partial charge in [-0.3, -0.25) is 9.59 Å². The van der Waals surface area contributed by atoms with Crippen molar-refractivity contribution in [3.8, 4) is 22.8 Å². The molecule has 0 unspecified atom stereocenters. The van der Waals surface area contributed by atoms with Crippen molar-refractivity contribution < 1.29 is 24.2 Å². The number of nitrogens with zero attached hydrogens (tertiary/aromatic N) is 1. The average Bonchev–Trinajstić information content (AvgIpc) is 2.74. The van der Waals surface area contributed by atoms with Crippen molar-refractivity contribution in [3.05, 3.63) is 57.2 Å². The van der Waals surface area contributed by atoms with E-state index >= 15 is 0 Å². The van der Waals surface area contributed by atoms with Crippen molar-refractivity contribution in [2.24, 2.45) is 0 Å². The standard InChI is InChI=1S/C24H24ClNO6/c1-3-21(30)31-20-11-16(27)22(14-8-9-26(2)12-18(14)29)24-23(20)17(28)10-19(32-24)13-6-4-5-7-15(13)25/h4-7,10-11,14,18,27,29H,3,8-9,12H2,1-2H3/t14-,18+/m0/s1. The summed E-state index contributed by atoms with van der Waals surface area (Å²) < 4.78 is 11.5. The molecule has 1 aliphatic rings. The van der Waals surface area contributed by atoms with Gasteiger partial charge in [0.1, 0.15) is 28.2 Å². The van der Waals surface area contributed by atoms with Gasteiger partial charge in [0.2, 0.25) is 0 Å². The van der Waals surface area contributed by atoms with Crippen LogP contribution in [0.2, 0.25) is 5.02 Å². The van der Waals surface area contributed by atoms with E-state index in [0.29, 0.717) is 35.7 Å². The molecule has 0 radical (unpaired) electrons. The van der Waals surface area contributed by atoms with Crippen LogP contribution < -0.4 is 10.2 Å². The van der Waals surface area contributed by atoms with Crippen LogP contribution in [0, 0.1) is 0 Å². The first-order valence-electron chi connectivity index (χ1n) is 10.5. The van der Waals surface area contributed by atoms with E-state index in [2.05, 4.69) is 0 Å². The second kappa shape index (κ2) is 8.94. The van der Waals surface area contributed by atoms with Crippen LogP contribution in [0.3, 0.4) is 0 Å². The van der Waals surface area contributed by atoms with Crippen LogP contribution in [0.15, 0.2) is 45.6 Å². The van der Waals surface area contributed by atoms with Gasteiger partial charge in [-0.1, -0.05) is 30.7 Å². The Kier molecular flexibility index (Phi) is 6.24. The molecule has 8 heteroatoms. The number of carbonyl (C=O) groups is 1. The third kappa shape index (κ3) is 4.11. The summed E-state index contributed by atoms with van der Waals surface area (Å²) in [7, 11) is 1.90. The van der Waals surface area contributed by atoms with Gasteiger partial charge >= 0.3 is 5.97 Å². The number of hydrogen-bond acceptors (Lipinski definition) is 7. The molecule has 0 saturated carbocycles. The number of phenolic OH excluding ortho intramolecular Hbond substituents is 1. The number of esters is 1. The van der Waals surface area contributed by atoms with Gasteiger partial charge in [-0.25, -0.2) is 0 Å². The number of aliphatic hydroxyl groups is 1. The molecular formula is C24H24ClNO6. The quantitative estimate of drug-likeness (QED) is 0.452. The summed E-state index contributed by atoms with van der Waals surface area (Å²) in [6.45, 7) is 2.74. The number of ether oxygens (including phenoxy) is 1. The Morgan fingerprint density at radius 3 is 2.75 bits per heavy atom. The first-order valence-corrected chi connectivity index (χ1v) is 10.8. The third-order valence-electron chi connectivity index (χ3n) is 5.79. The number of aliphatic hydroxyl groups excluding tert-OH is 1. The fraction of sp³-hybridized carbons (Fsp3) is 0.333. The number of halogens is 1. The second-order valence-electron chi connectivity index (χ2n) is 8.02. The molecule has 2 heterocycles. The molecule has 32 heavy (non-hydrogen) atoms. The summed E-state index contributed by atoms with van der Waals surface area (Å²) in [6, 6.07) is 9.47. The summed E-state index contributed by atoms with van der Waals surface area (Å²) in [6.07, 6.45) is -0.129. The fourth-order valence-corrected chi connectivity index (χ4v) is 4.39. The maximum absolute atomic E-state index is 13.2. The lowest BCUT2D eigenvalue weighted by atomic mass is 9.85. The SMILES string of the molecule is CCC(=O)Oc1cc(O)c([C@H]2CCN(C)C[C@H]2O)c2oc(-c3ccccc3Cl)cc(=O)c12. The summed E-state index contributed by atoms with van der Waals surface area (Å²) in [5.74, 6) is -1.07. The Balaban J connectivity index is 2.01. The van der Waals surface area contributed by atoms with E-state index in [4.69, 9.17) is 20.8 Å². The lowest BCUT2D eigenvalue weighted by Crippen LogP contribution is -2.40. The van der Waals surface area contributed by atoms with Gasteiger partial charge in [0, 0.05) is 42.1 Å².